The molecular formula is C19H25N3O3. The molecule has 2 aromatic rings. The number of carbonyl (C=O) groups excluding carboxylic acids is 1. The molecule has 1 aromatic heterocycles. The number of benzene rings is 1. The Bertz CT molecular complexity index is 645. The van der Waals surface area contributed by atoms with Crippen LogP contribution in [0.2, 0.25) is 0 Å². The predicted molar refractivity (Wildman–Crippen MR) is 93.9 cm³/mol. The summed E-state index contributed by atoms with van der Waals surface area (Å²) in [5.74, 6) is -0.0514. The van der Waals surface area contributed by atoms with Gasteiger partial charge in [0.05, 0.1) is 30.9 Å². The second kappa shape index (κ2) is 8.78. The minimum atomic E-state index is -0.0514. The van der Waals surface area contributed by atoms with Crippen LogP contribution >= 0.6 is 0 Å². The van der Waals surface area contributed by atoms with Crippen molar-refractivity contribution in [1.29, 1.82) is 0 Å². The van der Waals surface area contributed by atoms with Crippen molar-refractivity contribution in [2.75, 3.05) is 19.7 Å². The van der Waals surface area contributed by atoms with Gasteiger partial charge in [0.2, 0.25) is 5.91 Å². The van der Waals surface area contributed by atoms with Gasteiger partial charge in [-0.15, -0.1) is 0 Å². The molecule has 134 valence electrons. The summed E-state index contributed by atoms with van der Waals surface area (Å²) in [4.78, 5) is 14.6. The zero-order valence-electron chi connectivity index (χ0n) is 14.6. The number of amides is 1. The smallest absolute Gasteiger partial charge is 0.226 e. The number of hydrogen-bond donors (Lipinski definition) is 1. The first-order valence-electron chi connectivity index (χ1n) is 8.81. The third kappa shape index (κ3) is 5.14. The van der Waals surface area contributed by atoms with E-state index in [1.54, 1.807) is 6.07 Å². The highest BCUT2D eigenvalue weighted by Crippen LogP contribution is 2.14. The van der Waals surface area contributed by atoms with E-state index in [1.165, 1.54) is 11.8 Å². The van der Waals surface area contributed by atoms with Crippen molar-refractivity contribution in [3.8, 4) is 0 Å². The number of morpholine rings is 1. The molecule has 3 rings (SSSR count). The van der Waals surface area contributed by atoms with Crippen LogP contribution in [0.5, 0.6) is 0 Å². The molecule has 25 heavy (non-hydrogen) atoms. The molecule has 1 aliphatic rings. The SMILES string of the molecule is CC[C@H](NC(=O)Cc1ccon1)[C@H]1CN(Cc2ccccc2)CCO1. The van der Waals surface area contributed by atoms with E-state index in [4.69, 9.17) is 9.26 Å². The quantitative estimate of drug-likeness (QED) is 0.833. The first-order valence-corrected chi connectivity index (χ1v) is 8.81. The molecule has 1 N–H and O–H groups in total. The Morgan fingerprint density at radius 1 is 1.36 bits per heavy atom. The van der Waals surface area contributed by atoms with Gasteiger partial charge in [-0.05, 0) is 12.0 Å². The largest absolute Gasteiger partial charge is 0.373 e. The lowest BCUT2D eigenvalue weighted by Crippen LogP contribution is -2.53. The van der Waals surface area contributed by atoms with Gasteiger partial charge in [0.25, 0.3) is 0 Å². The average molecular weight is 343 g/mol. The van der Waals surface area contributed by atoms with E-state index in [1.807, 2.05) is 6.07 Å². The zero-order chi connectivity index (χ0) is 17.5. The molecule has 0 spiro atoms. The van der Waals surface area contributed by atoms with Gasteiger partial charge in [0.1, 0.15) is 6.26 Å². The van der Waals surface area contributed by atoms with Crippen molar-refractivity contribution >= 4 is 5.91 Å². The Morgan fingerprint density at radius 2 is 2.20 bits per heavy atom. The molecule has 6 nitrogen and oxygen atoms in total. The van der Waals surface area contributed by atoms with Crippen LogP contribution in [0.1, 0.15) is 24.6 Å². The van der Waals surface area contributed by atoms with Crippen molar-refractivity contribution < 1.29 is 14.1 Å². The molecule has 1 aliphatic heterocycles. The maximum Gasteiger partial charge on any atom is 0.226 e. The number of ether oxygens (including phenoxy) is 1. The van der Waals surface area contributed by atoms with E-state index < -0.39 is 0 Å². The summed E-state index contributed by atoms with van der Waals surface area (Å²) in [6, 6.07) is 12.1. The van der Waals surface area contributed by atoms with Crippen molar-refractivity contribution in [3.63, 3.8) is 0 Å². The number of rotatable bonds is 7. The van der Waals surface area contributed by atoms with Crippen LogP contribution < -0.4 is 5.32 Å². The average Bonchev–Trinajstić information content (AvgIpc) is 3.13. The molecule has 1 fully saturated rings. The Hall–Kier alpha value is -2.18. The molecule has 1 amide bonds. The number of hydrogen-bond acceptors (Lipinski definition) is 5. The second-order valence-corrected chi connectivity index (χ2v) is 6.38. The third-order valence-electron chi connectivity index (χ3n) is 4.49. The standard InChI is InChI=1S/C19H25N3O3/c1-2-17(20-19(23)12-16-8-10-25-21-16)18-14-22(9-11-24-18)13-15-6-4-3-5-7-15/h3-8,10,17-18H,2,9,11-14H2,1H3,(H,20,23)/t17-,18+/m0/s1. The van der Waals surface area contributed by atoms with Gasteiger partial charge in [-0.25, -0.2) is 0 Å². The molecule has 6 heteroatoms. The van der Waals surface area contributed by atoms with E-state index in [0.29, 0.717) is 12.3 Å². The maximum atomic E-state index is 12.2. The van der Waals surface area contributed by atoms with Crippen molar-refractivity contribution in [1.82, 2.24) is 15.4 Å². The minimum Gasteiger partial charge on any atom is -0.373 e. The van der Waals surface area contributed by atoms with Crippen molar-refractivity contribution in [2.45, 2.75) is 38.5 Å². The van der Waals surface area contributed by atoms with E-state index in [0.717, 1.165) is 26.1 Å². The topological polar surface area (TPSA) is 67.6 Å². The lowest BCUT2D eigenvalue weighted by atomic mass is 10.1. The van der Waals surface area contributed by atoms with Crippen molar-refractivity contribution in [2.24, 2.45) is 0 Å². The van der Waals surface area contributed by atoms with Crippen molar-refractivity contribution in [3.05, 3.63) is 53.9 Å². The first-order chi connectivity index (χ1) is 12.2. The fourth-order valence-electron chi connectivity index (χ4n) is 3.17. The van der Waals surface area contributed by atoms with Gasteiger partial charge < -0.3 is 14.6 Å². The highest BCUT2D eigenvalue weighted by atomic mass is 16.5. The number of aromatic nitrogens is 1. The lowest BCUT2D eigenvalue weighted by Gasteiger charge is -2.37. The molecule has 0 radical (unpaired) electrons. The van der Waals surface area contributed by atoms with Crippen LogP contribution in [0.3, 0.4) is 0 Å². The van der Waals surface area contributed by atoms with E-state index in [-0.39, 0.29) is 24.5 Å². The van der Waals surface area contributed by atoms with Gasteiger partial charge >= 0.3 is 0 Å². The van der Waals surface area contributed by atoms with Gasteiger partial charge in [0.15, 0.2) is 0 Å². The summed E-state index contributed by atoms with van der Waals surface area (Å²) in [7, 11) is 0. The zero-order valence-corrected chi connectivity index (χ0v) is 14.6. The molecule has 2 heterocycles. The minimum absolute atomic E-state index is 0.00188. The van der Waals surface area contributed by atoms with Crippen LogP contribution in [0.4, 0.5) is 0 Å². The van der Waals surface area contributed by atoms with Crippen LogP contribution in [-0.4, -0.2) is 47.8 Å². The molecular weight excluding hydrogens is 318 g/mol. The summed E-state index contributed by atoms with van der Waals surface area (Å²) in [6.45, 7) is 5.39. The molecule has 1 aromatic carbocycles. The Labute approximate surface area is 148 Å². The second-order valence-electron chi connectivity index (χ2n) is 6.38. The number of carbonyl (C=O) groups is 1. The molecule has 0 aliphatic carbocycles. The summed E-state index contributed by atoms with van der Waals surface area (Å²) in [5.41, 5.74) is 1.94. The Kier molecular flexibility index (Phi) is 6.19. The summed E-state index contributed by atoms with van der Waals surface area (Å²) < 4.78 is 10.7. The molecule has 0 unspecified atom stereocenters. The van der Waals surface area contributed by atoms with Crippen LogP contribution in [0.15, 0.2) is 47.2 Å². The fourth-order valence-corrected chi connectivity index (χ4v) is 3.17. The normalized spacial score (nSPS) is 19.5. The van der Waals surface area contributed by atoms with Crippen LogP contribution in [0.25, 0.3) is 0 Å². The fraction of sp³-hybridized carbons (Fsp3) is 0.474. The highest BCUT2D eigenvalue weighted by Gasteiger charge is 2.28. The monoisotopic (exact) mass is 343 g/mol. The predicted octanol–water partition coefficient (Wildman–Crippen LogP) is 2.01. The highest BCUT2D eigenvalue weighted by molar-refractivity contribution is 5.78. The van der Waals surface area contributed by atoms with E-state index in [9.17, 15) is 4.79 Å². The summed E-state index contributed by atoms with van der Waals surface area (Å²) >= 11 is 0. The van der Waals surface area contributed by atoms with Crippen LogP contribution in [-0.2, 0) is 22.5 Å². The number of nitrogens with one attached hydrogen (secondary N) is 1. The van der Waals surface area contributed by atoms with Gasteiger partial charge in [-0.3, -0.25) is 9.69 Å². The van der Waals surface area contributed by atoms with E-state index in [2.05, 4.69) is 46.6 Å². The Balaban J connectivity index is 1.53. The molecule has 2 atom stereocenters. The van der Waals surface area contributed by atoms with Crippen LogP contribution in [0, 0.1) is 0 Å². The molecule has 0 bridgehead atoms. The van der Waals surface area contributed by atoms with Gasteiger partial charge in [-0.1, -0.05) is 42.4 Å². The lowest BCUT2D eigenvalue weighted by molar-refractivity contribution is -0.123. The van der Waals surface area contributed by atoms with Gasteiger partial charge in [0, 0.05) is 25.7 Å². The summed E-state index contributed by atoms with van der Waals surface area (Å²) in [6.07, 6.45) is 2.54. The Morgan fingerprint density at radius 3 is 2.92 bits per heavy atom. The summed E-state index contributed by atoms with van der Waals surface area (Å²) in [5, 5.41) is 6.87. The van der Waals surface area contributed by atoms with E-state index >= 15 is 0 Å². The third-order valence-corrected chi connectivity index (χ3v) is 4.49. The van der Waals surface area contributed by atoms with Gasteiger partial charge in [-0.2, -0.15) is 0 Å². The molecule has 0 saturated carbocycles. The maximum absolute atomic E-state index is 12.2. The number of nitrogens with zero attached hydrogens (tertiary/aromatic N) is 2. The first kappa shape index (κ1) is 17.6. The molecule has 1 saturated heterocycles.